The fraction of sp³-hybridized carbons (Fsp3) is 0.833. The van der Waals surface area contributed by atoms with Crippen LogP contribution in [0.5, 0.6) is 0 Å². The van der Waals surface area contributed by atoms with Gasteiger partial charge in [0.25, 0.3) is 0 Å². The highest BCUT2D eigenvalue weighted by Gasteiger charge is 2.48. The largest absolute Gasteiger partial charge is 0.325 e. The fourth-order valence-corrected chi connectivity index (χ4v) is 3.40. The third kappa shape index (κ3) is 1.52. The minimum absolute atomic E-state index is 0.134. The quantitative estimate of drug-likeness (QED) is 0.763. The first-order valence-electron chi connectivity index (χ1n) is 6.52. The molecule has 0 saturated carbocycles. The van der Waals surface area contributed by atoms with E-state index in [0.717, 1.165) is 32.5 Å². The minimum atomic E-state index is 0.134. The Kier molecular flexibility index (Phi) is 2.48. The van der Waals surface area contributed by atoms with Gasteiger partial charge in [-0.25, -0.2) is 4.68 Å². The van der Waals surface area contributed by atoms with Crippen LogP contribution in [0.15, 0.2) is 6.20 Å². The summed E-state index contributed by atoms with van der Waals surface area (Å²) < 4.78 is 2.00. The zero-order valence-electron chi connectivity index (χ0n) is 10.6. The molecule has 0 radical (unpaired) electrons. The monoisotopic (exact) mass is 235 g/mol. The van der Waals surface area contributed by atoms with Gasteiger partial charge in [-0.05, 0) is 39.8 Å². The third-order valence-electron chi connectivity index (χ3n) is 4.63. The highest BCUT2D eigenvalue weighted by molar-refractivity contribution is 5.23. The van der Waals surface area contributed by atoms with Crippen LogP contribution >= 0.6 is 0 Å². The summed E-state index contributed by atoms with van der Waals surface area (Å²) in [6.07, 6.45) is 4.19. The van der Waals surface area contributed by atoms with Gasteiger partial charge in [-0.15, -0.1) is 5.10 Å². The molecule has 2 aliphatic heterocycles. The van der Waals surface area contributed by atoms with Crippen molar-refractivity contribution in [2.75, 3.05) is 13.1 Å². The Labute approximate surface area is 102 Å². The summed E-state index contributed by atoms with van der Waals surface area (Å²) in [5.41, 5.74) is 7.75. The number of nitrogens with zero attached hydrogens (tertiary/aromatic N) is 4. The summed E-state index contributed by atoms with van der Waals surface area (Å²) in [6, 6.07) is 0.843. The van der Waals surface area contributed by atoms with Gasteiger partial charge in [-0.2, -0.15) is 0 Å². The standard InChI is InChI=1S/C12H21N5/c1-9(2)16-5-3-12(4-6-16)10(13)8-17-11(12)7-14-15-17/h7,9-10H,3-6,8,13H2,1-2H3. The second-order valence-electron chi connectivity index (χ2n) is 5.69. The van der Waals surface area contributed by atoms with E-state index < -0.39 is 0 Å². The van der Waals surface area contributed by atoms with E-state index in [2.05, 4.69) is 29.1 Å². The molecule has 1 aromatic rings. The molecule has 1 aromatic heterocycles. The zero-order valence-corrected chi connectivity index (χ0v) is 10.6. The first-order chi connectivity index (χ1) is 8.13. The number of piperidine rings is 1. The molecule has 0 amide bonds. The number of likely N-dealkylation sites (tertiary alicyclic amines) is 1. The van der Waals surface area contributed by atoms with E-state index in [4.69, 9.17) is 5.73 Å². The van der Waals surface area contributed by atoms with E-state index in [1.165, 1.54) is 5.69 Å². The van der Waals surface area contributed by atoms with Crippen molar-refractivity contribution in [1.29, 1.82) is 0 Å². The van der Waals surface area contributed by atoms with Crippen LogP contribution in [-0.4, -0.2) is 45.1 Å². The average molecular weight is 235 g/mol. The normalized spacial score (nSPS) is 27.9. The number of hydrogen-bond donors (Lipinski definition) is 1. The Balaban J connectivity index is 1.85. The lowest BCUT2D eigenvalue weighted by atomic mass is 9.72. The lowest BCUT2D eigenvalue weighted by molar-refractivity contribution is 0.120. The zero-order chi connectivity index (χ0) is 12.0. The lowest BCUT2D eigenvalue weighted by Gasteiger charge is -2.42. The Morgan fingerprint density at radius 2 is 2.12 bits per heavy atom. The first-order valence-corrected chi connectivity index (χ1v) is 6.52. The van der Waals surface area contributed by atoms with Crippen molar-refractivity contribution in [2.24, 2.45) is 5.73 Å². The molecule has 1 fully saturated rings. The van der Waals surface area contributed by atoms with Crippen molar-refractivity contribution in [1.82, 2.24) is 19.9 Å². The second kappa shape index (κ2) is 3.78. The molecule has 2 N–H and O–H groups in total. The second-order valence-corrected chi connectivity index (χ2v) is 5.69. The van der Waals surface area contributed by atoms with E-state index in [1.54, 1.807) is 0 Å². The van der Waals surface area contributed by atoms with Crippen molar-refractivity contribution in [3.05, 3.63) is 11.9 Å². The molecule has 1 spiro atoms. The molecule has 1 atom stereocenters. The van der Waals surface area contributed by atoms with Crippen LogP contribution in [0.25, 0.3) is 0 Å². The summed E-state index contributed by atoms with van der Waals surface area (Å²) in [7, 11) is 0. The van der Waals surface area contributed by atoms with E-state index in [0.29, 0.717) is 6.04 Å². The molecule has 3 heterocycles. The molecule has 94 valence electrons. The highest BCUT2D eigenvalue weighted by Crippen LogP contribution is 2.42. The number of fused-ring (bicyclic) bond motifs is 2. The maximum Gasteiger partial charge on any atom is 0.0731 e. The van der Waals surface area contributed by atoms with Gasteiger partial charge in [0.15, 0.2) is 0 Å². The maximum atomic E-state index is 6.35. The van der Waals surface area contributed by atoms with Crippen LogP contribution in [-0.2, 0) is 12.0 Å². The summed E-state index contributed by atoms with van der Waals surface area (Å²) in [6.45, 7) is 7.63. The van der Waals surface area contributed by atoms with Crippen LogP contribution in [0.2, 0.25) is 0 Å². The summed E-state index contributed by atoms with van der Waals surface area (Å²) >= 11 is 0. The smallest absolute Gasteiger partial charge is 0.0731 e. The van der Waals surface area contributed by atoms with Crippen molar-refractivity contribution < 1.29 is 0 Å². The maximum absolute atomic E-state index is 6.35. The van der Waals surface area contributed by atoms with E-state index in [1.807, 2.05) is 10.9 Å². The number of nitrogens with two attached hydrogens (primary N) is 1. The Bertz CT molecular complexity index is 403. The predicted molar refractivity (Wildman–Crippen MR) is 65.6 cm³/mol. The van der Waals surface area contributed by atoms with Crippen molar-refractivity contribution in [2.45, 2.75) is 50.7 Å². The van der Waals surface area contributed by atoms with Crippen LogP contribution in [0.1, 0.15) is 32.4 Å². The van der Waals surface area contributed by atoms with E-state index >= 15 is 0 Å². The summed E-state index contributed by atoms with van der Waals surface area (Å²) in [4.78, 5) is 2.53. The van der Waals surface area contributed by atoms with Gasteiger partial charge in [0, 0.05) is 17.5 Å². The van der Waals surface area contributed by atoms with Gasteiger partial charge in [-0.1, -0.05) is 5.21 Å². The topological polar surface area (TPSA) is 60.0 Å². The molecular weight excluding hydrogens is 214 g/mol. The molecule has 0 aromatic carbocycles. The van der Waals surface area contributed by atoms with Gasteiger partial charge in [0.1, 0.15) is 0 Å². The molecule has 5 nitrogen and oxygen atoms in total. The van der Waals surface area contributed by atoms with Crippen molar-refractivity contribution >= 4 is 0 Å². The Hall–Kier alpha value is -0.940. The molecule has 2 aliphatic rings. The third-order valence-corrected chi connectivity index (χ3v) is 4.63. The minimum Gasteiger partial charge on any atom is -0.325 e. The van der Waals surface area contributed by atoms with Gasteiger partial charge in [-0.3, -0.25) is 0 Å². The Morgan fingerprint density at radius 3 is 2.76 bits per heavy atom. The predicted octanol–water partition coefficient (Wildman–Crippen LogP) is 0.361. The van der Waals surface area contributed by atoms with Crippen LogP contribution in [0, 0.1) is 0 Å². The molecule has 0 aliphatic carbocycles. The van der Waals surface area contributed by atoms with Gasteiger partial charge in [0.2, 0.25) is 0 Å². The van der Waals surface area contributed by atoms with Gasteiger partial charge < -0.3 is 10.6 Å². The molecule has 5 heteroatoms. The van der Waals surface area contributed by atoms with Gasteiger partial charge in [0.05, 0.1) is 18.4 Å². The first kappa shape index (κ1) is 11.2. The van der Waals surface area contributed by atoms with Crippen LogP contribution in [0.4, 0.5) is 0 Å². The molecule has 0 bridgehead atoms. The summed E-state index contributed by atoms with van der Waals surface area (Å²) in [5.74, 6) is 0. The van der Waals surface area contributed by atoms with Crippen molar-refractivity contribution in [3.8, 4) is 0 Å². The molecule has 1 unspecified atom stereocenters. The number of hydrogen-bond acceptors (Lipinski definition) is 4. The Morgan fingerprint density at radius 1 is 1.41 bits per heavy atom. The van der Waals surface area contributed by atoms with Crippen LogP contribution < -0.4 is 5.73 Å². The molecule has 3 rings (SSSR count). The van der Waals surface area contributed by atoms with Gasteiger partial charge >= 0.3 is 0 Å². The average Bonchev–Trinajstić information content (AvgIpc) is 2.85. The molecular formula is C12H21N5. The number of rotatable bonds is 1. The molecule has 17 heavy (non-hydrogen) atoms. The fourth-order valence-electron chi connectivity index (χ4n) is 3.40. The summed E-state index contributed by atoms with van der Waals surface area (Å²) in [5, 5.41) is 8.15. The lowest BCUT2D eigenvalue weighted by Crippen LogP contribution is -2.51. The number of aromatic nitrogens is 3. The molecule has 1 saturated heterocycles. The SMILES string of the molecule is CC(C)N1CCC2(CC1)c1cnnn1CC2N. The highest BCUT2D eigenvalue weighted by atomic mass is 15.4. The van der Waals surface area contributed by atoms with Crippen molar-refractivity contribution in [3.63, 3.8) is 0 Å². The van der Waals surface area contributed by atoms with E-state index in [-0.39, 0.29) is 11.5 Å². The van der Waals surface area contributed by atoms with Crippen LogP contribution in [0.3, 0.4) is 0 Å². The van der Waals surface area contributed by atoms with E-state index in [9.17, 15) is 0 Å².